The first kappa shape index (κ1) is 35.1. The number of nitrogens with zero attached hydrogens (tertiary/aromatic N) is 5. The SMILES string of the molecule is O=C1CCC(N2C(=O)c3ccc(CN4CCC(OC(=O)N5CCN(c6cccc(-c7cnc8[nH]cc(C9CC9)c8c7Cl)c6)C(=O)C5)CC4)cc3C2=O)C(=O)N1. The van der Waals surface area contributed by atoms with Crippen molar-refractivity contribution in [2.45, 2.75) is 63.1 Å². The van der Waals surface area contributed by atoms with Crippen LogP contribution in [0.3, 0.4) is 0 Å². The molecular formula is C40H38ClN7O7. The third-order valence-electron chi connectivity index (χ3n) is 11.3. The minimum absolute atomic E-state index is 0.0628. The van der Waals surface area contributed by atoms with Gasteiger partial charge >= 0.3 is 6.09 Å². The molecule has 15 heteroatoms. The number of amides is 6. The molecule has 1 unspecified atom stereocenters. The highest BCUT2D eigenvalue weighted by Gasteiger charge is 2.44. The summed E-state index contributed by atoms with van der Waals surface area (Å²) in [5, 5.41) is 3.81. The molecule has 14 nitrogen and oxygen atoms in total. The lowest BCUT2D eigenvalue weighted by molar-refractivity contribution is -0.136. The van der Waals surface area contributed by atoms with Gasteiger partial charge in [-0.05, 0) is 79.0 Å². The number of piperidine rings is 2. The third-order valence-corrected chi connectivity index (χ3v) is 11.7. The molecular weight excluding hydrogens is 726 g/mol. The number of likely N-dealkylation sites (tertiary alicyclic amines) is 1. The molecule has 3 saturated heterocycles. The first-order chi connectivity index (χ1) is 26.6. The fourth-order valence-electron chi connectivity index (χ4n) is 8.22. The Labute approximate surface area is 320 Å². The lowest BCUT2D eigenvalue weighted by Gasteiger charge is -2.36. The number of pyridine rings is 1. The summed E-state index contributed by atoms with van der Waals surface area (Å²) in [7, 11) is 0. The molecule has 0 spiro atoms. The molecule has 1 aliphatic carbocycles. The number of piperazine rings is 1. The van der Waals surface area contributed by atoms with Crippen molar-refractivity contribution in [3.63, 3.8) is 0 Å². The predicted molar refractivity (Wildman–Crippen MR) is 200 cm³/mol. The normalized spacial score (nSPS) is 21.1. The van der Waals surface area contributed by atoms with Gasteiger partial charge in [0.1, 0.15) is 24.3 Å². The van der Waals surface area contributed by atoms with Gasteiger partial charge in [0.25, 0.3) is 11.8 Å². The average Bonchev–Trinajstić information content (AvgIpc) is 3.88. The van der Waals surface area contributed by atoms with Gasteiger partial charge in [0.15, 0.2) is 0 Å². The number of nitrogens with one attached hydrogen (secondary N) is 2. The van der Waals surface area contributed by atoms with Crippen LogP contribution >= 0.6 is 11.6 Å². The maximum Gasteiger partial charge on any atom is 0.410 e. The minimum atomic E-state index is -1.01. The van der Waals surface area contributed by atoms with Gasteiger partial charge in [0.2, 0.25) is 17.7 Å². The van der Waals surface area contributed by atoms with Crippen LogP contribution in [-0.4, -0.2) is 105 Å². The zero-order valence-corrected chi connectivity index (χ0v) is 30.6. The van der Waals surface area contributed by atoms with Crippen LogP contribution in [0, 0.1) is 0 Å². The summed E-state index contributed by atoms with van der Waals surface area (Å²) in [4.78, 5) is 91.0. The molecule has 1 saturated carbocycles. The molecule has 4 fully saturated rings. The minimum Gasteiger partial charge on any atom is -0.446 e. The number of aromatic amines is 1. The van der Waals surface area contributed by atoms with E-state index in [1.807, 2.05) is 30.5 Å². The molecule has 282 valence electrons. The summed E-state index contributed by atoms with van der Waals surface area (Å²) in [5.41, 5.74) is 5.68. The third kappa shape index (κ3) is 6.52. The van der Waals surface area contributed by atoms with Gasteiger partial charge in [-0.15, -0.1) is 0 Å². The molecule has 0 bridgehead atoms. The largest absolute Gasteiger partial charge is 0.446 e. The molecule has 6 heterocycles. The Morgan fingerprint density at radius 2 is 1.69 bits per heavy atom. The van der Waals surface area contributed by atoms with Gasteiger partial charge in [0.05, 0.1) is 16.1 Å². The van der Waals surface area contributed by atoms with Crippen LogP contribution in [0.2, 0.25) is 5.02 Å². The molecule has 0 radical (unpaired) electrons. The summed E-state index contributed by atoms with van der Waals surface area (Å²) in [6.07, 6.45) is 6.62. The number of carbonyl (C=O) groups is 6. The van der Waals surface area contributed by atoms with Crippen molar-refractivity contribution in [3.8, 4) is 11.1 Å². The smallest absolute Gasteiger partial charge is 0.410 e. The standard InChI is InChI=1S/C40H38ClN7O7/c41-35-30(19-43-36-34(35)29(18-42-36)23-5-6-23)24-2-1-3-25(17-24)47-15-14-46(21-33(47)50)40(54)55-26-10-12-45(13-11-26)20-22-4-7-27-28(16-22)39(53)48(38(27)52)31-8-9-32(49)44-37(31)51/h1-4,7,16-19,23,26,31H,5-6,8-15,20-21H2,(H,42,43)(H,44,49,51). The van der Waals surface area contributed by atoms with Crippen molar-refractivity contribution >= 4 is 64.0 Å². The zero-order chi connectivity index (χ0) is 38.0. The first-order valence-corrected chi connectivity index (χ1v) is 19.1. The molecule has 9 rings (SSSR count). The van der Waals surface area contributed by atoms with Crippen molar-refractivity contribution in [3.05, 3.63) is 82.1 Å². The molecule has 4 aliphatic heterocycles. The van der Waals surface area contributed by atoms with E-state index in [2.05, 4.69) is 20.2 Å². The van der Waals surface area contributed by atoms with Crippen LogP contribution in [0.15, 0.2) is 54.9 Å². The lowest BCUT2D eigenvalue weighted by Crippen LogP contribution is -2.54. The van der Waals surface area contributed by atoms with Crippen molar-refractivity contribution < 1.29 is 33.5 Å². The number of hydrogen-bond acceptors (Lipinski definition) is 9. The van der Waals surface area contributed by atoms with Gasteiger partial charge in [0, 0.05) is 68.2 Å². The lowest BCUT2D eigenvalue weighted by atomic mass is 10.0. The maximum absolute atomic E-state index is 13.4. The Morgan fingerprint density at radius 1 is 0.891 bits per heavy atom. The number of benzene rings is 2. The number of halogens is 1. The second-order valence-corrected chi connectivity index (χ2v) is 15.3. The number of ether oxygens (including phenoxy) is 1. The van der Waals surface area contributed by atoms with Crippen LogP contribution in [0.25, 0.3) is 22.2 Å². The number of fused-ring (bicyclic) bond motifs is 2. The average molecular weight is 764 g/mol. The van der Waals surface area contributed by atoms with Gasteiger partial charge < -0.3 is 14.6 Å². The van der Waals surface area contributed by atoms with E-state index >= 15 is 0 Å². The Bertz CT molecular complexity index is 2300. The molecule has 1 atom stereocenters. The molecule has 2 aromatic heterocycles. The molecule has 2 aromatic carbocycles. The predicted octanol–water partition coefficient (Wildman–Crippen LogP) is 4.61. The Morgan fingerprint density at radius 3 is 2.45 bits per heavy atom. The van der Waals surface area contributed by atoms with Gasteiger partial charge in [-0.2, -0.15) is 0 Å². The molecule has 4 aromatic rings. The van der Waals surface area contributed by atoms with Crippen LogP contribution in [0.4, 0.5) is 10.5 Å². The monoisotopic (exact) mass is 763 g/mol. The van der Waals surface area contributed by atoms with Crippen LogP contribution in [-0.2, 0) is 25.7 Å². The summed E-state index contributed by atoms with van der Waals surface area (Å²) in [5.74, 6) is -1.82. The molecule has 2 N–H and O–H groups in total. The number of anilines is 1. The topological polar surface area (TPSA) is 165 Å². The highest BCUT2D eigenvalue weighted by molar-refractivity contribution is 6.38. The fraction of sp³-hybridized carbons (Fsp3) is 0.375. The van der Waals surface area contributed by atoms with Crippen molar-refractivity contribution in [1.82, 2.24) is 30.0 Å². The Balaban J connectivity index is 0.775. The van der Waals surface area contributed by atoms with E-state index in [0.717, 1.165) is 51.2 Å². The van der Waals surface area contributed by atoms with E-state index in [9.17, 15) is 28.8 Å². The summed E-state index contributed by atoms with van der Waals surface area (Å²) >= 11 is 6.96. The molecule has 6 amide bonds. The van der Waals surface area contributed by atoms with Crippen molar-refractivity contribution in [2.75, 3.05) is 37.6 Å². The number of H-pyrrole nitrogens is 1. The number of rotatable bonds is 7. The number of carbonyl (C=O) groups excluding carboxylic acids is 6. The van der Waals surface area contributed by atoms with E-state index < -0.39 is 35.8 Å². The number of imide groups is 2. The van der Waals surface area contributed by atoms with Crippen LogP contribution in [0.5, 0.6) is 0 Å². The molecule has 5 aliphatic rings. The van der Waals surface area contributed by atoms with Crippen molar-refractivity contribution in [2.24, 2.45) is 0 Å². The van der Waals surface area contributed by atoms with E-state index in [1.165, 1.54) is 10.5 Å². The summed E-state index contributed by atoms with van der Waals surface area (Å²) < 4.78 is 5.86. The van der Waals surface area contributed by atoms with Crippen LogP contribution < -0.4 is 10.2 Å². The highest BCUT2D eigenvalue weighted by Crippen LogP contribution is 2.46. The fourth-order valence-corrected chi connectivity index (χ4v) is 8.57. The first-order valence-electron chi connectivity index (χ1n) is 18.7. The van der Waals surface area contributed by atoms with E-state index in [-0.39, 0.29) is 42.5 Å². The second kappa shape index (κ2) is 13.9. The second-order valence-electron chi connectivity index (χ2n) is 14.9. The number of aromatic nitrogens is 2. The van der Waals surface area contributed by atoms with Gasteiger partial charge in [-0.1, -0.05) is 29.8 Å². The molecule has 55 heavy (non-hydrogen) atoms. The van der Waals surface area contributed by atoms with E-state index in [1.54, 1.807) is 29.3 Å². The highest BCUT2D eigenvalue weighted by atomic mass is 35.5. The van der Waals surface area contributed by atoms with Gasteiger partial charge in [-0.25, -0.2) is 9.78 Å². The Kier molecular flexibility index (Phi) is 8.89. The van der Waals surface area contributed by atoms with Crippen LogP contribution in [0.1, 0.15) is 76.3 Å². The maximum atomic E-state index is 13.4. The summed E-state index contributed by atoms with van der Waals surface area (Å²) in [6, 6.07) is 11.8. The number of hydrogen-bond donors (Lipinski definition) is 2. The summed E-state index contributed by atoms with van der Waals surface area (Å²) in [6.45, 7) is 2.38. The quantitative estimate of drug-likeness (QED) is 0.256. The van der Waals surface area contributed by atoms with Crippen molar-refractivity contribution in [1.29, 1.82) is 0 Å². The van der Waals surface area contributed by atoms with Gasteiger partial charge in [-0.3, -0.25) is 44.0 Å². The van der Waals surface area contributed by atoms with E-state index in [0.29, 0.717) is 56.5 Å². The zero-order valence-electron chi connectivity index (χ0n) is 29.9. The Hall–Kier alpha value is -5.60. The van der Waals surface area contributed by atoms with E-state index in [4.69, 9.17) is 16.3 Å².